The molecule has 0 atom stereocenters. The Hall–Kier alpha value is -2.49. The predicted octanol–water partition coefficient (Wildman–Crippen LogP) is 2.33. The summed E-state index contributed by atoms with van der Waals surface area (Å²) in [4.78, 5) is 11.9. The Labute approximate surface area is 111 Å². The van der Waals surface area contributed by atoms with E-state index in [1.165, 1.54) is 0 Å². The fourth-order valence-corrected chi connectivity index (χ4v) is 1.64. The zero-order valence-electron chi connectivity index (χ0n) is 10.6. The number of aromatic hydroxyl groups is 1. The lowest BCUT2D eigenvalue weighted by atomic mass is 10.2. The third-order valence-corrected chi connectivity index (χ3v) is 2.74. The average molecular weight is 257 g/mol. The quantitative estimate of drug-likeness (QED) is 0.883. The summed E-state index contributed by atoms with van der Waals surface area (Å²) in [6.45, 7) is 0.422. The molecule has 0 saturated heterocycles. The number of phenols is 1. The minimum absolute atomic E-state index is 0.143. The van der Waals surface area contributed by atoms with Crippen LogP contribution in [0, 0.1) is 0 Å². The molecular weight excluding hydrogens is 242 g/mol. The highest BCUT2D eigenvalue weighted by molar-refractivity contribution is 5.94. The standard InChI is InChI=1S/C15H15NO3/c1-19-14-8-4-12(5-9-14)15(18)16-10-11-2-6-13(17)7-3-11/h2-9,17H,10H2,1H3,(H,16,18). The van der Waals surface area contributed by atoms with E-state index in [4.69, 9.17) is 9.84 Å². The lowest BCUT2D eigenvalue weighted by Crippen LogP contribution is -2.22. The first-order chi connectivity index (χ1) is 9.19. The molecule has 0 unspecified atom stereocenters. The van der Waals surface area contributed by atoms with E-state index in [9.17, 15) is 4.79 Å². The van der Waals surface area contributed by atoms with Crippen molar-refractivity contribution in [2.75, 3.05) is 7.11 Å². The molecule has 0 aliphatic rings. The van der Waals surface area contributed by atoms with E-state index in [2.05, 4.69) is 5.32 Å². The minimum atomic E-state index is -0.143. The first-order valence-electron chi connectivity index (χ1n) is 5.89. The molecule has 0 aliphatic heterocycles. The van der Waals surface area contributed by atoms with Crippen LogP contribution in [0.2, 0.25) is 0 Å². The van der Waals surface area contributed by atoms with Crippen molar-refractivity contribution in [3.8, 4) is 11.5 Å². The number of rotatable bonds is 4. The van der Waals surface area contributed by atoms with Crippen LogP contribution >= 0.6 is 0 Å². The Balaban J connectivity index is 1.95. The second kappa shape index (κ2) is 5.91. The van der Waals surface area contributed by atoms with Crippen LogP contribution in [-0.4, -0.2) is 18.1 Å². The van der Waals surface area contributed by atoms with E-state index in [-0.39, 0.29) is 11.7 Å². The van der Waals surface area contributed by atoms with Gasteiger partial charge in [0.25, 0.3) is 5.91 Å². The number of phenolic OH excluding ortho intramolecular Hbond substituents is 1. The second-order valence-electron chi connectivity index (χ2n) is 4.08. The van der Waals surface area contributed by atoms with Crippen molar-refractivity contribution in [3.63, 3.8) is 0 Å². The maximum atomic E-state index is 11.9. The Morgan fingerprint density at radius 1 is 1.11 bits per heavy atom. The zero-order valence-corrected chi connectivity index (χ0v) is 10.6. The van der Waals surface area contributed by atoms with Crippen molar-refractivity contribution in [3.05, 3.63) is 59.7 Å². The van der Waals surface area contributed by atoms with Crippen molar-refractivity contribution in [1.29, 1.82) is 0 Å². The van der Waals surface area contributed by atoms with Gasteiger partial charge in [-0.2, -0.15) is 0 Å². The highest BCUT2D eigenvalue weighted by Gasteiger charge is 2.05. The van der Waals surface area contributed by atoms with Gasteiger partial charge in [0.1, 0.15) is 11.5 Å². The highest BCUT2D eigenvalue weighted by atomic mass is 16.5. The van der Waals surface area contributed by atoms with Crippen molar-refractivity contribution < 1.29 is 14.6 Å². The number of methoxy groups -OCH3 is 1. The van der Waals surface area contributed by atoms with Crippen LogP contribution in [0.4, 0.5) is 0 Å². The van der Waals surface area contributed by atoms with Crippen LogP contribution in [0.3, 0.4) is 0 Å². The van der Waals surface area contributed by atoms with Crippen LogP contribution in [0.25, 0.3) is 0 Å². The summed E-state index contributed by atoms with van der Waals surface area (Å²) in [5.41, 5.74) is 1.51. The number of carbonyl (C=O) groups excluding carboxylic acids is 1. The van der Waals surface area contributed by atoms with Gasteiger partial charge in [-0.25, -0.2) is 0 Å². The predicted molar refractivity (Wildman–Crippen MR) is 72.3 cm³/mol. The molecule has 4 heteroatoms. The van der Waals surface area contributed by atoms with Gasteiger partial charge in [-0.1, -0.05) is 12.1 Å². The van der Waals surface area contributed by atoms with E-state index < -0.39 is 0 Å². The van der Waals surface area contributed by atoms with Gasteiger partial charge in [0.2, 0.25) is 0 Å². The summed E-state index contributed by atoms with van der Waals surface area (Å²) < 4.78 is 5.03. The number of ether oxygens (including phenoxy) is 1. The van der Waals surface area contributed by atoms with Gasteiger partial charge < -0.3 is 15.2 Å². The number of amides is 1. The van der Waals surface area contributed by atoms with E-state index in [0.717, 1.165) is 11.3 Å². The van der Waals surface area contributed by atoms with E-state index in [0.29, 0.717) is 12.1 Å². The molecule has 98 valence electrons. The lowest BCUT2D eigenvalue weighted by Gasteiger charge is -2.06. The van der Waals surface area contributed by atoms with Crippen LogP contribution < -0.4 is 10.1 Å². The van der Waals surface area contributed by atoms with Crippen LogP contribution in [0.5, 0.6) is 11.5 Å². The largest absolute Gasteiger partial charge is 0.508 e. The molecule has 0 aliphatic carbocycles. The minimum Gasteiger partial charge on any atom is -0.508 e. The maximum Gasteiger partial charge on any atom is 0.251 e. The van der Waals surface area contributed by atoms with Gasteiger partial charge in [-0.15, -0.1) is 0 Å². The summed E-state index contributed by atoms with van der Waals surface area (Å²) in [6, 6.07) is 13.6. The summed E-state index contributed by atoms with van der Waals surface area (Å²) in [5.74, 6) is 0.788. The van der Waals surface area contributed by atoms with Crippen LogP contribution in [-0.2, 0) is 6.54 Å². The smallest absolute Gasteiger partial charge is 0.251 e. The summed E-state index contributed by atoms with van der Waals surface area (Å²) in [7, 11) is 1.58. The molecular formula is C15H15NO3. The van der Waals surface area contributed by atoms with Crippen molar-refractivity contribution in [2.24, 2.45) is 0 Å². The fraction of sp³-hybridized carbons (Fsp3) is 0.133. The first-order valence-corrected chi connectivity index (χ1v) is 5.89. The normalized spacial score (nSPS) is 9.95. The molecule has 0 aromatic heterocycles. The number of nitrogens with one attached hydrogen (secondary N) is 1. The number of hydrogen-bond donors (Lipinski definition) is 2. The Morgan fingerprint density at radius 2 is 1.74 bits per heavy atom. The van der Waals surface area contributed by atoms with E-state index in [1.807, 2.05) is 0 Å². The van der Waals surface area contributed by atoms with Crippen molar-refractivity contribution in [2.45, 2.75) is 6.54 Å². The molecule has 0 saturated carbocycles. The Kier molecular flexibility index (Phi) is 4.03. The molecule has 2 aromatic rings. The second-order valence-corrected chi connectivity index (χ2v) is 4.08. The van der Waals surface area contributed by atoms with Crippen LogP contribution in [0.15, 0.2) is 48.5 Å². The average Bonchev–Trinajstić information content (AvgIpc) is 2.46. The van der Waals surface area contributed by atoms with Gasteiger partial charge in [0.15, 0.2) is 0 Å². The number of benzene rings is 2. The molecule has 0 spiro atoms. The van der Waals surface area contributed by atoms with E-state index >= 15 is 0 Å². The van der Waals surface area contributed by atoms with Crippen molar-refractivity contribution in [1.82, 2.24) is 5.32 Å². The molecule has 0 heterocycles. The Morgan fingerprint density at radius 3 is 2.32 bits per heavy atom. The summed E-state index contributed by atoms with van der Waals surface area (Å²) in [6.07, 6.45) is 0. The fourth-order valence-electron chi connectivity index (χ4n) is 1.64. The Bertz CT molecular complexity index is 547. The highest BCUT2D eigenvalue weighted by Crippen LogP contribution is 2.12. The SMILES string of the molecule is COc1ccc(C(=O)NCc2ccc(O)cc2)cc1. The van der Waals surface area contributed by atoms with Gasteiger partial charge in [-0.3, -0.25) is 4.79 Å². The molecule has 0 fully saturated rings. The summed E-state index contributed by atoms with van der Waals surface area (Å²) in [5, 5.41) is 12.0. The number of carbonyl (C=O) groups is 1. The third kappa shape index (κ3) is 3.48. The maximum absolute atomic E-state index is 11.9. The zero-order chi connectivity index (χ0) is 13.7. The van der Waals surface area contributed by atoms with Gasteiger partial charge in [0.05, 0.1) is 7.11 Å². The first kappa shape index (κ1) is 13.0. The molecule has 19 heavy (non-hydrogen) atoms. The van der Waals surface area contributed by atoms with E-state index in [1.54, 1.807) is 55.6 Å². The molecule has 0 radical (unpaired) electrons. The van der Waals surface area contributed by atoms with Crippen molar-refractivity contribution >= 4 is 5.91 Å². The monoisotopic (exact) mass is 257 g/mol. The lowest BCUT2D eigenvalue weighted by molar-refractivity contribution is 0.0951. The summed E-state index contributed by atoms with van der Waals surface area (Å²) >= 11 is 0. The molecule has 1 amide bonds. The van der Waals surface area contributed by atoms with Gasteiger partial charge in [0, 0.05) is 12.1 Å². The molecule has 4 nitrogen and oxygen atoms in total. The van der Waals surface area contributed by atoms with Gasteiger partial charge >= 0.3 is 0 Å². The molecule has 2 N–H and O–H groups in total. The molecule has 0 bridgehead atoms. The number of hydrogen-bond acceptors (Lipinski definition) is 3. The topological polar surface area (TPSA) is 58.6 Å². The van der Waals surface area contributed by atoms with Gasteiger partial charge in [-0.05, 0) is 42.0 Å². The van der Waals surface area contributed by atoms with Crippen LogP contribution in [0.1, 0.15) is 15.9 Å². The molecule has 2 rings (SSSR count). The third-order valence-electron chi connectivity index (χ3n) is 2.74. The molecule has 2 aromatic carbocycles.